The zero-order valence-electron chi connectivity index (χ0n) is 10.6. The fourth-order valence-corrected chi connectivity index (χ4v) is 2.03. The molecule has 1 amide bonds. The van der Waals surface area contributed by atoms with Gasteiger partial charge in [-0.25, -0.2) is 0 Å². The number of rotatable bonds is 4. The SMILES string of the molecule is Cc1cc(C(N)=O)ccc1CNc1cccc(Cl)c1. The van der Waals surface area contributed by atoms with E-state index in [0.29, 0.717) is 17.1 Å². The van der Waals surface area contributed by atoms with E-state index < -0.39 is 5.91 Å². The van der Waals surface area contributed by atoms with Crippen LogP contribution in [0.4, 0.5) is 5.69 Å². The van der Waals surface area contributed by atoms with Crippen LogP contribution in [-0.2, 0) is 6.54 Å². The lowest BCUT2D eigenvalue weighted by molar-refractivity contribution is 0.1000. The van der Waals surface area contributed by atoms with Crippen LogP contribution in [0, 0.1) is 6.92 Å². The van der Waals surface area contributed by atoms with Crippen LogP contribution in [0.2, 0.25) is 5.02 Å². The van der Waals surface area contributed by atoms with Crippen molar-refractivity contribution in [1.29, 1.82) is 0 Å². The molecule has 4 heteroatoms. The van der Waals surface area contributed by atoms with Gasteiger partial charge in [-0.05, 0) is 48.4 Å². The highest BCUT2D eigenvalue weighted by Gasteiger charge is 2.04. The third kappa shape index (κ3) is 3.48. The van der Waals surface area contributed by atoms with E-state index in [-0.39, 0.29) is 0 Å². The Morgan fingerprint density at radius 3 is 2.68 bits per heavy atom. The van der Waals surface area contributed by atoms with E-state index in [2.05, 4.69) is 5.32 Å². The van der Waals surface area contributed by atoms with Gasteiger partial charge >= 0.3 is 0 Å². The monoisotopic (exact) mass is 274 g/mol. The van der Waals surface area contributed by atoms with Crippen LogP contribution in [0.3, 0.4) is 0 Å². The smallest absolute Gasteiger partial charge is 0.248 e. The maximum Gasteiger partial charge on any atom is 0.248 e. The fourth-order valence-electron chi connectivity index (χ4n) is 1.84. The Hall–Kier alpha value is -2.00. The number of primary amides is 1. The molecule has 0 unspecified atom stereocenters. The van der Waals surface area contributed by atoms with Crippen LogP contribution in [0.15, 0.2) is 42.5 Å². The summed E-state index contributed by atoms with van der Waals surface area (Å²) in [6.45, 7) is 2.63. The first-order valence-corrected chi connectivity index (χ1v) is 6.33. The number of amides is 1. The van der Waals surface area contributed by atoms with E-state index in [1.54, 1.807) is 12.1 Å². The molecule has 3 N–H and O–H groups in total. The van der Waals surface area contributed by atoms with Gasteiger partial charge in [0.1, 0.15) is 0 Å². The van der Waals surface area contributed by atoms with Crippen molar-refractivity contribution in [3.63, 3.8) is 0 Å². The highest BCUT2D eigenvalue weighted by atomic mass is 35.5. The molecule has 0 atom stereocenters. The molecule has 98 valence electrons. The van der Waals surface area contributed by atoms with Gasteiger partial charge < -0.3 is 11.1 Å². The van der Waals surface area contributed by atoms with E-state index in [9.17, 15) is 4.79 Å². The first-order valence-electron chi connectivity index (χ1n) is 5.95. The van der Waals surface area contributed by atoms with E-state index >= 15 is 0 Å². The van der Waals surface area contributed by atoms with Crippen LogP contribution in [0.25, 0.3) is 0 Å². The molecule has 0 saturated carbocycles. The van der Waals surface area contributed by atoms with Crippen molar-refractivity contribution in [3.05, 3.63) is 64.2 Å². The number of nitrogens with one attached hydrogen (secondary N) is 1. The molecule has 0 fully saturated rings. The van der Waals surface area contributed by atoms with Gasteiger partial charge in [0.2, 0.25) is 5.91 Å². The van der Waals surface area contributed by atoms with Crippen molar-refractivity contribution in [2.45, 2.75) is 13.5 Å². The van der Waals surface area contributed by atoms with Gasteiger partial charge in [-0.1, -0.05) is 23.7 Å². The summed E-state index contributed by atoms with van der Waals surface area (Å²) in [4.78, 5) is 11.1. The summed E-state index contributed by atoms with van der Waals surface area (Å²) in [5, 5.41) is 3.99. The minimum absolute atomic E-state index is 0.405. The highest BCUT2D eigenvalue weighted by molar-refractivity contribution is 6.30. The molecule has 0 aliphatic heterocycles. The van der Waals surface area contributed by atoms with Crippen molar-refractivity contribution in [1.82, 2.24) is 0 Å². The van der Waals surface area contributed by atoms with Crippen molar-refractivity contribution in [3.8, 4) is 0 Å². The van der Waals surface area contributed by atoms with E-state index in [4.69, 9.17) is 17.3 Å². The Morgan fingerprint density at radius 2 is 2.05 bits per heavy atom. The first kappa shape index (κ1) is 13.4. The summed E-state index contributed by atoms with van der Waals surface area (Å²) in [6, 6.07) is 13.0. The molecule has 3 nitrogen and oxygen atoms in total. The molecular weight excluding hydrogens is 260 g/mol. The molecule has 0 saturated heterocycles. The third-order valence-electron chi connectivity index (χ3n) is 2.93. The topological polar surface area (TPSA) is 55.1 Å². The second kappa shape index (κ2) is 5.76. The van der Waals surface area contributed by atoms with E-state index in [1.807, 2.05) is 37.3 Å². The first-order chi connectivity index (χ1) is 9.06. The molecule has 0 aromatic heterocycles. The Bertz CT molecular complexity index is 611. The number of carbonyl (C=O) groups is 1. The average molecular weight is 275 g/mol. The Labute approximate surface area is 117 Å². The van der Waals surface area contributed by atoms with Gasteiger partial charge in [0.25, 0.3) is 0 Å². The average Bonchev–Trinajstić information content (AvgIpc) is 2.37. The molecule has 2 aromatic carbocycles. The molecule has 2 aromatic rings. The van der Waals surface area contributed by atoms with Gasteiger partial charge in [0.15, 0.2) is 0 Å². The summed E-state index contributed by atoms with van der Waals surface area (Å²) in [5.41, 5.74) is 8.89. The molecular formula is C15H15ClN2O. The summed E-state index contributed by atoms with van der Waals surface area (Å²) in [7, 11) is 0. The second-order valence-electron chi connectivity index (χ2n) is 4.37. The maximum absolute atomic E-state index is 11.1. The van der Waals surface area contributed by atoms with Crippen molar-refractivity contribution in [2.24, 2.45) is 5.73 Å². The summed E-state index contributed by atoms with van der Waals surface area (Å²) < 4.78 is 0. The zero-order chi connectivity index (χ0) is 13.8. The van der Waals surface area contributed by atoms with Crippen molar-refractivity contribution in [2.75, 3.05) is 5.32 Å². The Kier molecular flexibility index (Phi) is 4.07. The molecule has 0 aliphatic rings. The molecule has 0 spiro atoms. The molecule has 0 heterocycles. The Balaban J connectivity index is 2.10. The predicted octanol–water partition coefficient (Wildman–Crippen LogP) is 3.36. The zero-order valence-corrected chi connectivity index (χ0v) is 11.4. The van der Waals surface area contributed by atoms with Gasteiger partial charge in [-0.2, -0.15) is 0 Å². The van der Waals surface area contributed by atoms with Crippen LogP contribution in [-0.4, -0.2) is 5.91 Å². The van der Waals surface area contributed by atoms with Gasteiger partial charge in [-0.3, -0.25) is 4.79 Å². The lowest BCUT2D eigenvalue weighted by atomic mass is 10.0. The number of nitrogens with two attached hydrogens (primary N) is 1. The molecule has 2 rings (SSSR count). The number of carbonyl (C=O) groups excluding carboxylic acids is 1. The number of hydrogen-bond acceptors (Lipinski definition) is 2. The second-order valence-corrected chi connectivity index (χ2v) is 4.81. The lowest BCUT2D eigenvalue weighted by Crippen LogP contribution is -2.11. The minimum Gasteiger partial charge on any atom is -0.381 e. The fraction of sp³-hybridized carbons (Fsp3) is 0.133. The summed E-state index contributed by atoms with van der Waals surface area (Å²) in [5.74, 6) is -0.405. The minimum atomic E-state index is -0.405. The molecule has 0 radical (unpaired) electrons. The van der Waals surface area contributed by atoms with Crippen LogP contribution in [0.1, 0.15) is 21.5 Å². The van der Waals surface area contributed by atoms with Gasteiger partial charge in [0, 0.05) is 22.8 Å². The lowest BCUT2D eigenvalue weighted by Gasteiger charge is -2.10. The summed E-state index contributed by atoms with van der Waals surface area (Å²) in [6.07, 6.45) is 0. The largest absolute Gasteiger partial charge is 0.381 e. The number of benzene rings is 2. The van der Waals surface area contributed by atoms with Crippen LogP contribution in [0.5, 0.6) is 0 Å². The molecule has 0 aliphatic carbocycles. The van der Waals surface area contributed by atoms with Gasteiger partial charge in [-0.15, -0.1) is 0 Å². The number of anilines is 1. The maximum atomic E-state index is 11.1. The third-order valence-corrected chi connectivity index (χ3v) is 3.17. The van der Waals surface area contributed by atoms with E-state index in [1.165, 1.54) is 0 Å². The number of aryl methyl sites for hydroxylation is 1. The quantitative estimate of drug-likeness (QED) is 0.898. The van der Waals surface area contributed by atoms with Crippen LogP contribution >= 0.6 is 11.6 Å². The highest BCUT2D eigenvalue weighted by Crippen LogP contribution is 2.17. The van der Waals surface area contributed by atoms with Crippen LogP contribution < -0.4 is 11.1 Å². The molecule has 0 bridgehead atoms. The Morgan fingerprint density at radius 1 is 1.26 bits per heavy atom. The molecule has 19 heavy (non-hydrogen) atoms. The summed E-state index contributed by atoms with van der Waals surface area (Å²) >= 11 is 5.92. The number of hydrogen-bond donors (Lipinski definition) is 2. The standard InChI is InChI=1S/C15H15ClN2O/c1-10-7-11(15(17)19)5-6-12(10)9-18-14-4-2-3-13(16)8-14/h2-8,18H,9H2,1H3,(H2,17,19). The van der Waals surface area contributed by atoms with Crippen molar-refractivity contribution >= 4 is 23.2 Å². The van der Waals surface area contributed by atoms with Gasteiger partial charge in [0.05, 0.1) is 0 Å². The number of halogens is 1. The predicted molar refractivity (Wildman–Crippen MR) is 78.5 cm³/mol. The normalized spacial score (nSPS) is 10.2. The van der Waals surface area contributed by atoms with E-state index in [0.717, 1.165) is 16.8 Å². The van der Waals surface area contributed by atoms with Crippen molar-refractivity contribution < 1.29 is 4.79 Å².